The molecule has 0 spiro atoms. The predicted molar refractivity (Wildman–Crippen MR) is 142 cm³/mol. The van der Waals surface area contributed by atoms with E-state index in [1.807, 2.05) is 21.9 Å². The second-order valence-electron chi connectivity index (χ2n) is 9.06. The molecule has 1 amide bonds. The van der Waals surface area contributed by atoms with Gasteiger partial charge in [0.1, 0.15) is 6.17 Å². The molecule has 1 aromatic heterocycles. The Hall–Kier alpha value is -2.99. The molecule has 0 saturated carbocycles. The van der Waals surface area contributed by atoms with Crippen molar-refractivity contribution < 1.29 is 13.2 Å². The van der Waals surface area contributed by atoms with Crippen LogP contribution in [-0.4, -0.2) is 96.1 Å². The molecular weight excluding hydrogens is 537 g/mol. The molecule has 4 heterocycles. The Morgan fingerprint density at radius 2 is 1.92 bits per heavy atom. The third kappa shape index (κ3) is 5.80. The van der Waals surface area contributed by atoms with Crippen LogP contribution in [0.25, 0.3) is 0 Å². The number of nitrogens with one attached hydrogen (secondary N) is 1. The van der Waals surface area contributed by atoms with Gasteiger partial charge in [0, 0.05) is 49.5 Å². The van der Waals surface area contributed by atoms with Crippen LogP contribution >= 0.6 is 23.2 Å². The minimum atomic E-state index is -3.44. The lowest BCUT2D eigenvalue weighted by molar-refractivity contribution is 0.0618. The first-order chi connectivity index (χ1) is 17.7. The maximum absolute atomic E-state index is 12.8. The summed E-state index contributed by atoms with van der Waals surface area (Å²) in [4.78, 5) is 23.9. The molecule has 0 bridgehead atoms. The summed E-state index contributed by atoms with van der Waals surface area (Å²) in [6, 6.07) is 6.79. The quantitative estimate of drug-likeness (QED) is 0.574. The molecule has 1 saturated heterocycles. The van der Waals surface area contributed by atoms with E-state index in [0.29, 0.717) is 54.0 Å². The summed E-state index contributed by atoms with van der Waals surface area (Å²) in [6.07, 6.45) is 9.17. The number of hydrogen-bond acceptors (Lipinski definition) is 8. The van der Waals surface area contributed by atoms with Gasteiger partial charge in [-0.2, -0.15) is 10.2 Å². The summed E-state index contributed by atoms with van der Waals surface area (Å²) >= 11 is 12.7. The molecule has 5 rings (SSSR count). The van der Waals surface area contributed by atoms with Crippen molar-refractivity contribution in [1.29, 1.82) is 0 Å². The number of fused-ring (bicyclic) bond motifs is 1. The lowest BCUT2D eigenvalue weighted by Crippen LogP contribution is -2.53. The van der Waals surface area contributed by atoms with Crippen LogP contribution in [-0.2, 0) is 10.0 Å². The Morgan fingerprint density at radius 3 is 2.59 bits per heavy atom. The fraction of sp³-hybridized carbons (Fsp3) is 0.333. The lowest BCUT2D eigenvalue weighted by Gasteiger charge is -2.38. The van der Waals surface area contributed by atoms with E-state index in [9.17, 15) is 13.2 Å². The van der Waals surface area contributed by atoms with E-state index in [4.69, 9.17) is 28.2 Å². The number of hydrogen-bond donors (Lipinski definition) is 1. The van der Waals surface area contributed by atoms with Crippen LogP contribution in [0.3, 0.4) is 0 Å². The molecule has 194 valence electrons. The molecule has 2 aromatic rings. The van der Waals surface area contributed by atoms with Crippen LogP contribution in [0.4, 0.5) is 0 Å². The Morgan fingerprint density at radius 1 is 1.14 bits per heavy atom. The van der Waals surface area contributed by atoms with E-state index >= 15 is 0 Å². The number of aliphatic imine (C=N–C) groups is 1. The number of amides is 1. The van der Waals surface area contributed by atoms with Gasteiger partial charge < -0.3 is 9.80 Å². The molecular formula is C24H25Cl2N7O3S. The minimum absolute atomic E-state index is 0.0636. The number of sulfonamides is 1. The summed E-state index contributed by atoms with van der Waals surface area (Å²) in [6.45, 7) is 3.11. The summed E-state index contributed by atoms with van der Waals surface area (Å²) in [5.74, 6) is -0.0636. The molecule has 0 aliphatic carbocycles. The van der Waals surface area contributed by atoms with Crippen molar-refractivity contribution in [2.45, 2.75) is 12.2 Å². The van der Waals surface area contributed by atoms with Gasteiger partial charge in [0.25, 0.3) is 5.91 Å². The number of halogens is 2. The number of rotatable bonds is 6. The van der Waals surface area contributed by atoms with Crippen LogP contribution in [0.2, 0.25) is 10.0 Å². The highest BCUT2D eigenvalue weighted by Gasteiger charge is 2.38. The van der Waals surface area contributed by atoms with Gasteiger partial charge in [-0.15, -0.1) is 0 Å². The Labute approximate surface area is 225 Å². The van der Waals surface area contributed by atoms with Gasteiger partial charge in [-0.25, -0.2) is 8.42 Å². The first kappa shape index (κ1) is 25.7. The second kappa shape index (κ2) is 10.4. The normalized spacial score (nSPS) is 21.9. The SMILES string of the molecule is CS(=O)(=O)NC1=CN2C(C=C1)N=C(c1ccc(Cl)cc1Cl)C2CN1CCN(C(=O)c2ccnnc2)CC1. The number of carbonyl (C=O) groups excluding carboxylic acids is 1. The zero-order valence-corrected chi connectivity index (χ0v) is 22.3. The largest absolute Gasteiger partial charge is 0.341 e. The summed E-state index contributed by atoms with van der Waals surface area (Å²) < 4.78 is 26.2. The van der Waals surface area contributed by atoms with Gasteiger partial charge >= 0.3 is 0 Å². The fourth-order valence-corrected chi connectivity index (χ4v) is 5.76. The van der Waals surface area contributed by atoms with Crippen molar-refractivity contribution in [2.75, 3.05) is 39.0 Å². The smallest absolute Gasteiger partial charge is 0.255 e. The lowest BCUT2D eigenvalue weighted by atomic mass is 10.0. The third-order valence-corrected chi connectivity index (χ3v) is 7.57. The maximum Gasteiger partial charge on any atom is 0.255 e. The molecule has 2 unspecified atom stereocenters. The monoisotopic (exact) mass is 561 g/mol. The van der Waals surface area contributed by atoms with Gasteiger partial charge in [0.15, 0.2) is 0 Å². The first-order valence-electron chi connectivity index (χ1n) is 11.6. The van der Waals surface area contributed by atoms with Crippen LogP contribution in [0.15, 0.2) is 65.7 Å². The van der Waals surface area contributed by atoms with Gasteiger partial charge in [-0.1, -0.05) is 29.3 Å². The van der Waals surface area contributed by atoms with Crippen molar-refractivity contribution >= 4 is 44.8 Å². The Bertz CT molecular complexity index is 1390. The molecule has 3 aliphatic heterocycles. The summed E-state index contributed by atoms with van der Waals surface area (Å²) in [7, 11) is -3.44. The Balaban J connectivity index is 1.36. The summed E-state index contributed by atoms with van der Waals surface area (Å²) in [5.41, 5.74) is 2.56. The Kier molecular flexibility index (Phi) is 7.21. The zero-order chi connectivity index (χ0) is 26.2. The van der Waals surface area contributed by atoms with Gasteiger partial charge in [0.2, 0.25) is 10.0 Å². The van der Waals surface area contributed by atoms with Crippen molar-refractivity contribution in [2.24, 2.45) is 4.99 Å². The van der Waals surface area contributed by atoms with Crippen molar-refractivity contribution in [1.82, 2.24) is 29.6 Å². The first-order valence-corrected chi connectivity index (χ1v) is 14.3. The van der Waals surface area contributed by atoms with Gasteiger partial charge in [0.05, 0.1) is 46.7 Å². The van der Waals surface area contributed by atoms with Crippen LogP contribution in [0, 0.1) is 0 Å². The molecule has 10 nitrogen and oxygen atoms in total. The van der Waals surface area contributed by atoms with Crippen molar-refractivity contribution in [3.8, 4) is 0 Å². The number of allylic oxidation sites excluding steroid dienone is 1. The van der Waals surface area contributed by atoms with Gasteiger partial charge in [-0.3, -0.25) is 19.4 Å². The van der Waals surface area contributed by atoms with Gasteiger partial charge in [-0.05, 0) is 30.4 Å². The maximum atomic E-state index is 12.8. The highest BCUT2D eigenvalue weighted by atomic mass is 35.5. The van der Waals surface area contributed by atoms with E-state index in [1.54, 1.807) is 30.5 Å². The molecule has 1 N–H and O–H groups in total. The number of nitrogens with zero attached hydrogens (tertiary/aromatic N) is 6. The van der Waals surface area contributed by atoms with E-state index in [0.717, 1.165) is 17.5 Å². The number of aromatic nitrogens is 2. The van der Waals surface area contributed by atoms with E-state index < -0.39 is 10.0 Å². The fourth-order valence-electron chi connectivity index (χ4n) is 4.70. The number of carbonyl (C=O) groups is 1. The zero-order valence-electron chi connectivity index (χ0n) is 20.0. The molecule has 37 heavy (non-hydrogen) atoms. The molecule has 1 fully saturated rings. The van der Waals surface area contributed by atoms with E-state index in [-0.39, 0.29) is 18.1 Å². The highest BCUT2D eigenvalue weighted by molar-refractivity contribution is 7.88. The minimum Gasteiger partial charge on any atom is -0.341 e. The standard InChI is InChI=1S/C24H25Cl2N7O3S/c1-37(35,36)30-18-3-5-22-29-23(19-4-2-17(25)12-20(19)26)21(33(22)14-18)15-31-8-10-32(11-9-31)24(34)16-6-7-27-28-13-16/h2-7,12-14,21-22,30H,8-11,15H2,1H3. The average Bonchev–Trinajstić information content (AvgIpc) is 3.21. The molecule has 0 radical (unpaired) electrons. The number of piperazine rings is 1. The second-order valence-corrected chi connectivity index (χ2v) is 11.6. The van der Waals surface area contributed by atoms with Crippen LogP contribution < -0.4 is 4.72 Å². The highest BCUT2D eigenvalue weighted by Crippen LogP contribution is 2.31. The van der Waals surface area contributed by atoms with Crippen LogP contribution in [0.5, 0.6) is 0 Å². The molecule has 3 aliphatic rings. The van der Waals surface area contributed by atoms with Crippen molar-refractivity contribution in [3.63, 3.8) is 0 Å². The average molecular weight is 562 g/mol. The number of benzene rings is 1. The molecule has 13 heteroatoms. The van der Waals surface area contributed by atoms with Crippen LogP contribution in [0.1, 0.15) is 15.9 Å². The summed E-state index contributed by atoms with van der Waals surface area (Å²) in [5, 5.41) is 8.57. The third-order valence-electron chi connectivity index (χ3n) is 6.42. The molecule has 1 aromatic carbocycles. The molecule has 2 atom stereocenters. The topological polar surface area (TPSA) is 111 Å². The van der Waals surface area contributed by atoms with E-state index in [2.05, 4.69) is 19.8 Å². The predicted octanol–water partition coefficient (Wildman–Crippen LogP) is 2.00. The van der Waals surface area contributed by atoms with E-state index in [1.165, 1.54) is 12.4 Å². The van der Waals surface area contributed by atoms with Crippen molar-refractivity contribution in [3.05, 3.63) is 81.9 Å².